The Labute approximate surface area is 146 Å². The van der Waals surface area contributed by atoms with Crippen molar-refractivity contribution in [1.82, 2.24) is 45.1 Å². The molecule has 0 saturated carbocycles. The van der Waals surface area contributed by atoms with Gasteiger partial charge in [0.1, 0.15) is 11.9 Å². The monoisotopic (exact) mass is 357 g/mol. The molecule has 0 saturated heterocycles. The van der Waals surface area contributed by atoms with Gasteiger partial charge in [-0.05, 0) is 16.5 Å². The molecule has 0 aromatic carbocycles. The van der Waals surface area contributed by atoms with Crippen LogP contribution in [0.5, 0.6) is 0 Å². The Morgan fingerprint density at radius 1 is 1.31 bits per heavy atom. The molecule has 0 atom stereocenters. The Morgan fingerprint density at radius 3 is 2.96 bits per heavy atom. The normalized spacial score (nSPS) is 13.6. The average molecular weight is 357 g/mol. The van der Waals surface area contributed by atoms with E-state index >= 15 is 0 Å². The number of nitrogens with zero attached hydrogens (tertiary/aromatic N) is 8. The zero-order valence-corrected chi connectivity index (χ0v) is 13.6. The lowest BCUT2D eigenvalue weighted by Gasteiger charge is -2.27. The van der Waals surface area contributed by atoms with Crippen molar-refractivity contribution >= 4 is 11.9 Å². The molecule has 1 aliphatic heterocycles. The molecular weight excluding hydrogens is 342 g/mol. The summed E-state index contributed by atoms with van der Waals surface area (Å²) >= 11 is 0. The smallest absolute Gasteiger partial charge is 0.303 e. The predicted molar refractivity (Wildman–Crippen MR) is 84.2 cm³/mol. The number of fused-ring (bicyclic) bond motifs is 1. The van der Waals surface area contributed by atoms with Gasteiger partial charge >= 0.3 is 5.97 Å². The number of amides is 1. The maximum Gasteiger partial charge on any atom is 0.303 e. The Bertz CT molecular complexity index is 943. The third kappa shape index (κ3) is 2.92. The van der Waals surface area contributed by atoms with Crippen molar-refractivity contribution in [1.29, 1.82) is 0 Å². The number of aryl methyl sites for hydroxylation is 1. The summed E-state index contributed by atoms with van der Waals surface area (Å²) < 4.78 is 3.16. The van der Waals surface area contributed by atoms with Gasteiger partial charge in [-0.3, -0.25) is 19.4 Å². The van der Waals surface area contributed by atoms with Crippen molar-refractivity contribution in [3.63, 3.8) is 0 Å². The fourth-order valence-electron chi connectivity index (χ4n) is 2.90. The Hall–Kier alpha value is -3.57. The summed E-state index contributed by atoms with van der Waals surface area (Å²) in [6.07, 6.45) is 3.23. The van der Waals surface area contributed by atoms with E-state index in [9.17, 15) is 9.59 Å². The molecule has 3 aromatic rings. The summed E-state index contributed by atoms with van der Waals surface area (Å²) in [6, 6.07) is 1.85. The van der Waals surface area contributed by atoms with Crippen LogP contribution < -0.4 is 0 Å². The van der Waals surface area contributed by atoms with Gasteiger partial charge in [-0.25, -0.2) is 0 Å². The first-order valence-electron chi connectivity index (χ1n) is 7.95. The van der Waals surface area contributed by atoms with Gasteiger partial charge in [-0.2, -0.15) is 14.9 Å². The number of H-pyrrole nitrogens is 1. The van der Waals surface area contributed by atoms with Crippen LogP contribution in [-0.2, 0) is 24.3 Å². The second-order valence-corrected chi connectivity index (χ2v) is 5.86. The molecular formula is C14H15N9O3. The Balaban J connectivity index is 1.51. The molecule has 1 amide bonds. The molecule has 2 N–H and O–H groups in total. The molecule has 0 spiro atoms. The highest BCUT2D eigenvalue weighted by molar-refractivity contribution is 5.96. The minimum absolute atomic E-state index is 0.0312. The molecule has 0 fully saturated rings. The predicted octanol–water partition coefficient (Wildman–Crippen LogP) is -0.745. The van der Waals surface area contributed by atoms with E-state index in [-0.39, 0.29) is 12.3 Å². The van der Waals surface area contributed by atoms with Crippen molar-refractivity contribution in [2.24, 2.45) is 0 Å². The summed E-state index contributed by atoms with van der Waals surface area (Å²) in [6.45, 7) is 1.43. The molecule has 26 heavy (non-hydrogen) atoms. The molecule has 12 heteroatoms. The van der Waals surface area contributed by atoms with Gasteiger partial charge in [-0.1, -0.05) is 0 Å². The third-order valence-electron chi connectivity index (χ3n) is 4.16. The van der Waals surface area contributed by atoms with Crippen molar-refractivity contribution in [2.45, 2.75) is 25.9 Å². The number of carboxylic acid groups (broad SMARTS) is 1. The molecule has 4 rings (SSSR count). The van der Waals surface area contributed by atoms with E-state index in [1.165, 1.54) is 17.2 Å². The number of carbonyl (C=O) groups is 2. The van der Waals surface area contributed by atoms with Crippen LogP contribution in [0.3, 0.4) is 0 Å². The minimum atomic E-state index is -0.858. The molecule has 1 aliphatic rings. The highest BCUT2D eigenvalue weighted by Crippen LogP contribution is 2.19. The number of carboxylic acids is 1. The minimum Gasteiger partial charge on any atom is -0.481 e. The van der Waals surface area contributed by atoms with E-state index in [0.29, 0.717) is 37.4 Å². The molecule has 0 radical (unpaired) electrons. The first-order valence-corrected chi connectivity index (χ1v) is 7.95. The van der Waals surface area contributed by atoms with Gasteiger partial charge in [-0.15, -0.1) is 5.10 Å². The van der Waals surface area contributed by atoms with Gasteiger partial charge in [0.25, 0.3) is 5.91 Å². The summed E-state index contributed by atoms with van der Waals surface area (Å²) in [5.74, 6) is -0.645. The zero-order chi connectivity index (χ0) is 18.1. The lowest BCUT2D eigenvalue weighted by atomic mass is 10.2. The van der Waals surface area contributed by atoms with Gasteiger partial charge < -0.3 is 10.0 Å². The SMILES string of the molecule is O=C(O)CCc1cc2n(n1)CCN(C(=O)c1cn[nH]c1-n1cnnn1)C2. The maximum atomic E-state index is 12.9. The number of aliphatic carboxylic acids is 1. The number of aromatic amines is 1. The lowest BCUT2D eigenvalue weighted by molar-refractivity contribution is -0.136. The van der Waals surface area contributed by atoms with Crippen LogP contribution in [-0.4, -0.2) is 68.6 Å². The second-order valence-electron chi connectivity index (χ2n) is 5.86. The number of hydrogen-bond acceptors (Lipinski definition) is 7. The van der Waals surface area contributed by atoms with E-state index in [4.69, 9.17) is 5.11 Å². The van der Waals surface area contributed by atoms with E-state index < -0.39 is 5.97 Å². The highest BCUT2D eigenvalue weighted by Gasteiger charge is 2.26. The summed E-state index contributed by atoms with van der Waals surface area (Å²) in [7, 11) is 0. The maximum absolute atomic E-state index is 12.9. The zero-order valence-electron chi connectivity index (χ0n) is 13.6. The average Bonchev–Trinajstić information content (AvgIpc) is 3.37. The first kappa shape index (κ1) is 15.9. The number of hydrogen-bond donors (Lipinski definition) is 2. The molecule has 0 unspecified atom stereocenters. The lowest BCUT2D eigenvalue weighted by Crippen LogP contribution is -2.38. The van der Waals surface area contributed by atoms with Gasteiger partial charge in [0.15, 0.2) is 5.82 Å². The largest absolute Gasteiger partial charge is 0.481 e. The fraction of sp³-hybridized carbons (Fsp3) is 0.357. The number of tetrazole rings is 1. The first-order chi connectivity index (χ1) is 12.6. The van der Waals surface area contributed by atoms with Gasteiger partial charge in [0.2, 0.25) is 0 Å². The van der Waals surface area contributed by atoms with Gasteiger partial charge in [0.05, 0.1) is 37.1 Å². The second kappa shape index (κ2) is 6.38. The van der Waals surface area contributed by atoms with Crippen LogP contribution in [0.15, 0.2) is 18.6 Å². The van der Waals surface area contributed by atoms with Crippen molar-refractivity contribution in [2.75, 3.05) is 6.54 Å². The van der Waals surface area contributed by atoms with Crippen LogP contribution in [0.1, 0.15) is 28.2 Å². The Kier molecular flexibility index (Phi) is 3.91. The fourth-order valence-corrected chi connectivity index (χ4v) is 2.90. The Morgan fingerprint density at radius 2 is 2.19 bits per heavy atom. The molecule has 12 nitrogen and oxygen atoms in total. The van der Waals surface area contributed by atoms with E-state index in [0.717, 1.165) is 11.4 Å². The van der Waals surface area contributed by atoms with E-state index in [1.54, 1.807) is 4.90 Å². The van der Waals surface area contributed by atoms with Crippen molar-refractivity contribution in [3.05, 3.63) is 35.5 Å². The molecule has 0 aliphatic carbocycles. The number of rotatable bonds is 5. The van der Waals surface area contributed by atoms with Crippen molar-refractivity contribution < 1.29 is 14.7 Å². The van der Waals surface area contributed by atoms with Crippen molar-refractivity contribution in [3.8, 4) is 5.82 Å². The number of carbonyl (C=O) groups excluding carboxylic acids is 1. The van der Waals surface area contributed by atoms with Crippen LogP contribution in [0.25, 0.3) is 5.82 Å². The number of aromatic nitrogens is 8. The van der Waals surface area contributed by atoms with E-state index in [2.05, 4.69) is 30.8 Å². The molecule has 4 heterocycles. The standard InChI is InChI=1S/C14H15N9O3/c24-12(25)2-1-9-5-10-7-21(3-4-22(10)18-9)14(26)11-6-15-17-13(11)23-8-16-19-20-23/h5-6,8H,1-4,7H2,(H,15,17)(H,24,25). The summed E-state index contributed by atoms with van der Waals surface area (Å²) in [5.41, 5.74) is 1.96. The topological polar surface area (TPSA) is 148 Å². The van der Waals surface area contributed by atoms with Crippen LogP contribution in [0.4, 0.5) is 0 Å². The number of nitrogens with one attached hydrogen (secondary N) is 1. The quantitative estimate of drug-likeness (QED) is 0.606. The summed E-state index contributed by atoms with van der Waals surface area (Å²) in [4.78, 5) is 25.3. The molecule has 134 valence electrons. The van der Waals surface area contributed by atoms with Gasteiger partial charge in [0, 0.05) is 13.0 Å². The third-order valence-corrected chi connectivity index (χ3v) is 4.16. The van der Waals surface area contributed by atoms with E-state index in [1.807, 2.05) is 10.7 Å². The van der Waals surface area contributed by atoms with Crippen LogP contribution in [0.2, 0.25) is 0 Å². The van der Waals surface area contributed by atoms with Crippen LogP contribution in [0, 0.1) is 0 Å². The van der Waals surface area contributed by atoms with Crippen LogP contribution >= 0.6 is 0 Å². The summed E-state index contributed by atoms with van der Waals surface area (Å²) in [5, 5.41) is 30.7. The molecule has 3 aromatic heterocycles. The highest BCUT2D eigenvalue weighted by atomic mass is 16.4. The molecule has 0 bridgehead atoms.